The number of benzene rings is 3. The van der Waals surface area contributed by atoms with Crippen LogP contribution in [0.3, 0.4) is 0 Å². The Balaban J connectivity index is 2.19. The monoisotopic (exact) mass is 321 g/mol. The highest BCUT2D eigenvalue weighted by Gasteiger charge is 2.18. The Labute approximate surface area is 139 Å². The Morgan fingerprint density at radius 1 is 1.00 bits per heavy atom. The first-order chi connectivity index (χ1) is 11.6. The van der Waals surface area contributed by atoms with E-state index in [1.165, 1.54) is 30.3 Å². The van der Waals surface area contributed by atoms with Crippen LogP contribution in [0.25, 0.3) is 16.7 Å². The molecule has 0 aliphatic carbocycles. The van der Waals surface area contributed by atoms with Crippen molar-refractivity contribution in [3.05, 3.63) is 90.5 Å². The number of ether oxygens (including phenoxy) is 1. The zero-order valence-corrected chi connectivity index (χ0v) is 13.1. The second-order valence-corrected chi connectivity index (χ2v) is 5.42. The van der Waals surface area contributed by atoms with Gasteiger partial charge in [-0.3, -0.25) is 0 Å². The van der Waals surface area contributed by atoms with E-state index in [-0.39, 0.29) is 5.82 Å². The van der Waals surface area contributed by atoms with Crippen LogP contribution >= 0.6 is 0 Å². The van der Waals surface area contributed by atoms with Gasteiger partial charge in [0.2, 0.25) is 0 Å². The van der Waals surface area contributed by atoms with Crippen molar-refractivity contribution in [2.45, 2.75) is 6.92 Å². The summed E-state index contributed by atoms with van der Waals surface area (Å²) in [6.07, 6.45) is 0. The van der Waals surface area contributed by atoms with Crippen molar-refractivity contribution in [1.82, 2.24) is 0 Å². The van der Waals surface area contributed by atoms with Gasteiger partial charge in [0.1, 0.15) is 23.1 Å². The van der Waals surface area contributed by atoms with Crippen LogP contribution in [0.15, 0.2) is 67.2 Å². The maximum atomic E-state index is 14.5. The van der Waals surface area contributed by atoms with E-state index in [1.54, 1.807) is 12.1 Å². The molecule has 0 atom stereocenters. The molecule has 0 unspecified atom stereocenters. The molecule has 0 aliphatic rings. The molecule has 0 amide bonds. The molecule has 24 heavy (non-hydrogen) atoms. The lowest BCUT2D eigenvalue weighted by Gasteiger charge is -2.17. The molecule has 0 bridgehead atoms. The van der Waals surface area contributed by atoms with Crippen LogP contribution in [-0.4, -0.2) is 0 Å². The summed E-state index contributed by atoms with van der Waals surface area (Å²) in [7, 11) is 0. The number of rotatable bonds is 4. The molecule has 0 heterocycles. The first-order valence-electron chi connectivity index (χ1n) is 7.45. The van der Waals surface area contributed by atoms with Gasteiger partial charge in [-0.05, 0) is 48.4 Å². The second kappa shape index (κ2) is 6.67. The smallest absolute Gasteiger partial charge is 0.145 e. The number of halogens is 2. The SMILES string of the molecule is C=C(C)c1c[c]c(F)c(-c2ccccc2)c1Oc1ccc(F)cc1. The first kappa shape index (κ1) is 15.9. The molecule has 0 aliphatic heterocycles. The third kappa shape index (κ3) is 3.20. The van der Waals surface area contributed by atoms with Gasteiger partial charge in [0.15, 0.2) is 0 Å². The first-order valence-corrected chi connectivity index (χ1v) is 7.45. The summed E-state index contributed by atoms with van der Waals surface area (Å²) >= 11 is 0. The van der Waals surface area contributed by atoms with Gasteiger partial charge in [-0.1, -0.05) is 36.9 Å². The predicted octanol–water partition coefficient (Wildman–Crippen LogP) is 6.26. The lowest BCUT2D eigenvalue weighted by Crippen LogP contribution is -1.97. The molecular formula is C21H15F2O. The van der Waals surface area contributed by atoms with Gasteiger partial charge in [-0.25, -0.2) is 8.78 Å². The standard InChI is InChI=1S/C21H15F2O/c1-14(2)18-12-13-19(23)20(15-6-4-3-5-7-15)21(18)24-17-10-8-16(22)9-11-17/h3-12H,1H2,2H3. The van der Waals surface area contributed by atoms with Crippen molar-refractivity contribution in [3.8, 4) is 22.6 Å². The summed E-state index contributed by atoms with van der Waals surface area (Å²) in [4.78, 5) is 0. The molecule has 0 aromatic heterocycles. The lowest BCUT2D eigenvalue weighted by molar-refractivity contribution is 0.475. The third-order valence-corrected chi connectivity index (χ3v) is 3.59. The van der Waals surface area contributed by atoms with E-state index in [4.69, 9.17) is 4.74 Å². The zero-order valence-electron chi connectivity index (χ0n) is 13.1. The van der Waals surface area contributed by atoms with Crippen molar-refractivity contribution in [1.29, 1.82) is 0 Å². The van der Waals surface area contributed by atoms with E-state index >= 15 is 0 Å². The highest BCUT2D eigenvalue weighted by atomic mass is 19.1. The molecule has 0 saturated heterocycles. The lowest BCUT2D eigenvalue weighted by atomic mass is 9.98. The average Bonchev–Trinajstić information content (AvgIpc) is 2.57. The van der Waals surface area contributed by atoms with Crippen LogP contribution in [0.4, 0.5) is 8.78 Å². The van der Waals surface area contributed by atoms with Crippen LogP contribution < -0.4 is 4.74 Å². The van der Waals surface area contributed by atoms with Crippen molar-refractivity contribution in [2.24, 2.45) is 0 Å². The van der Waals surface area contributed by atoms with Crippen molar-refractivity contribution < 1.29 is 13.5 Å². The molecule has 0 fully saturated rings. The van der Waals surface area contributed by atoms with Gasteiger partial charge in [0.25, 0.3) is 0 Å². The Morgan fingerprint density at radius 2 is 1.67 bits per heavy atom. The van der Waals surface area contributed by atoms with Gasteiger partial charge < -0.3 is 4.74 Å². The highest BCUT2D eigenvalue weighted by Crippen LogP contribution is 2.40. The summed E-state index contributed by atoms with van der Waals surface area (Å²) in [5.74, 6) is -0.111. The molecule has 3 aromatic carbocycles. The molecule has 3 rings (SSSR count). The summed E-state index contributed by atoms with van der Waals surface area (Å²) in [5, 5.41) is 0. The van der Waals surface area contributed by atoms with Crippen LogP contribution in [0.2, 0.25) is 0 Å². The number of hydrogen-bond donors (Lipinski definition) is 0. The van der Waals surface area contributed by atoms with Gasteiger partial charge in [0, 0.05) is 11.6 Å². The fraction of sp³-hybridized carbons (Fsp3) is 0.0476. The predicted molar refractivity (Wildman–Crippen MR) is 91.9 cm³/mol. The van der Waals surface area contributed by atoms with E-state index in [0.717, 1.165) is 5.57 Å². The zero-order chi connectivity index (χ0) is 17.1. The minimum Gasteiger partial charge on any atom is -0.456 e. The molecule has 1 nitrogen and oxygen atoms in total. The van der Waals surface area contributed by atoms with E-state index in [0.29, 0.717) is 28.2 Å². The molecule has 119 valence electrons. The number of allylic oxidation sites excluding steroid dienone is 1. The molecule has 0 spiro atoms. The average molecular weight is 321 g/mol. The summed E-state index contributed by atoms with van der Waals surface area (Å²) in [6, 6.07) is 18.8. The molecule has 0 saturated carbocycles. The van der Waals surface area contributed by atoms with Crippen LogP contribution in [0, 0.1) is 17.7 Å². The maximum Gasteiger partial charge on any atom is 0.145 e. The maximum absolute atomic E-state index is 14.5. The van der Waals surface area contributed by atoms with E-state index in [1.807, 2.05) is 25.1 Å². The summed E-state index contributed by atoms with van der Waals surface area (Å²) < 4.78 is 33.5. The van der Waals surface area contributed by atoms with Crippen LogP contribution in [0.1, 0.15) is 12.5 Å². The quantitative estimate of drug-likeness (QED) is 0.551. The Hall–Kier alpha value is -2.94. The summed E-state index contributed by atoms with van der Waals surface area (Å²) in [6.45, 7) is 5.74. The fourth-order valence-electron chi connectivity index (χ4n) is 2.41. The Kier molecular flexibility index (Phi) is 4.43. The normalized spacial score (nSPS) is 10.5. The molecule has 1 radical (unpaired) electrons. The van der Waals surface area contributed by atoms with Gasteiger partial charge in [-0.2, -0.15) is 0 Å². The van der Waals surface area contributed by atoms with Crippen LogP contribution in [0.5, 0.6) is 11.5 Å². The second-order valence-electron chi connectivity index (χ2n) is 5.42. The van der Waals surface area contributed by atoms with Crippen molar-refractivity contribution in [3.63, 3.8) is 0 Å². The van der Waals surface area contributed by atoms with Gasteiger partial charge in [0.05, 0.1) is 5.56 Å². The van der Waals surface area contributed by atoms with Crippen molar-refractivity contribution >= 4 is 5.57 Å². The Morgan fingerprint density at radius 3 is 2.29 bits per heavy atom. The largest absolute Gasteiger partial charge is 0.456 e. The Bertz CT molecular complexity index is 868. The molecular weight excluding hydrogens is 306 g/mol. The highest BCUT2D eigenvalue weighted by molar-refractivity contribution is 5.80. The minimum absolute atomic E-state index is 0.306. The van der Waals surface area contributed by atoms with E-state index < -0.39 is 5.82 Å². The third-order valence-electron chi connectivity index (χ3n) is 3.59. The van der Waals surface area contributed by atoms with Crippen LogP contribution in [-0.2, 0) is 0 Å². The molecule has 0 N–H and O–H groups in total. The van der Waals surface area contributed by atoms with Crippen molar-refractivity contribution in [2.75, 3.05) is 0 Å². The van der Waals surface area contributed by atoms with E-state index in [9.17, 15) is 8.78 Å². The minimum atomic E-state index is -0.511. The van der Waals surface area contributed by atoms with Gasteiger partial charge in [-0.15, -0.1) is 0 Å². The fourth-order valence-corrected chi connectivity index (χ4v) is 2.41. The molecule has 3 heteroatoms. The van der Waals surface area contributed by atoms with E-state index in [2.05, 4.69) is 12.6 Å². The number of hydrogen-bond acceptors (Lipinski definition) is 1. The van der Waals surface area contributed by atoms with Gasteiger partial charge >= 0.3 is 0 Å². The summed E-state index contributed by atoms with van der Waals surface area (Å²) in [5.41, 5.74) is 2.35. The topological polar surface area (TPSA) is 9.23 Å². The molecule has 3 aromatic rings.